The molecule has 88 valence electrons. The SMILES string of the molecule is OC1CN(Cc2ccccc2OC(F)F)C1. The zero-order valence-electron chi connectivity index (χ0n) is 8.64. The predicted octanol–water partition coefficient (Wildman–Crippen LogP) is 1.46. The molecule has 0 atom stereocenters. The minimum absolute atomic E-state index is 0.207. The van der Waals surface area contributed by atoms with Crippen LogP contribution in [0.15, 0.2) is 24.3 Å². The Bertz CT molecular complexity index is 354. The number of β-amino-alcohol motifs (C(OH)–C–C–N with tert-alkyl or cyclic N) is 1. The summed E-state index contributed by atoms with van der Waals surface area (Å²) in [5.74, 6) is 0.207. The predicted molar refractivity (Wildman–Crippen MR) is 54.4 cm³/mol. The van der Waals surface area contributed by atoms with Crippen molar-refractivity contribution in [2.45, 2.75) is 19.3 Å². The fourth-order valence-electron chi connectivity index (χ4n) is 1.76. The number of hydrogen-bond donors (Lipinski definition) is 1. The second-order valence-electron chi connectivity index (χ2n) is 3.83. The van der Waals surface area contributed by atoms with Crippen molar-refractivity contribution in [1.82, 2.24) is 4.90 Å². The topological polar surface area (TPSA) is 32.7 Å². The van der Waals surface area contributed by atoms with Crippen molar-refractivity contribution in [3.8, 4) is 5.75 Å². The van der Waals surface area contributed by atoms with Crippen LogP contribution in [0.2, 0.25) is 0 Å². The summed E-state index contributed by atoms with van der Waals surface area (Å²) in [7, 11) is 0. The minimum Gasteiger partial charge on any atom is -0.434 e. The Hall–Kier alpha value is -1.20. The molecule has 0 aromatic heterocycles. The van der Waals surface area contributed by atoms with Crippen molar-refractivity contribution in [2.75, 3.05) is 13.1 Å². The summed E-state index contributed by atoms with van der Waals surface area (Å²) in [4.78, 5) is 1.97. The van der Waals surface area contributed by atoms with E-state index in [1.807, 2.05) is 4.90 Å². The van der Waals surface area contributed by atoms with Crippen LogP contribution in [0, 0.1) is 0 Å². The van der Waals surface area contributed by atoms with E-state index < -0.39 is 6.61 Å². The fourth-order valence-corrected chi connectivity index (χ4v) is 1.76. The molecule has 5 heteroatoms. The van der Waals surface area contributed by atoms with Crippen LogP contribution in [0.3, 0.4) is 0 Å². The molecule has 2 rings (SSSR count). The summed E-state index contributed by atoms with van der Waals surface area (Å²) in [6.45, 7) is -1.10. The highest BCUT2D eigenvalue weighted by atomic mass is 19.3. The lowest BCUT2D eigenvalue weighted by Gasteiger charge is -2.36. The second kappa shape index (κ2) is 4.76. The van der Waals surface area contributed by atoms with Gasteiger partial charge in [-0.2, -0.15) is 8.78 Å². The van der Waals surface area contributed by atoms with E-state index in [1.165, 1.54) is 6.07 Å². The van der Waals surface area contributed by atoms with Crippen LogP contribution in [0.5, 0.6) is 5.75 Å². The molecule has 1 fully saturated rings. The molecule has 3 nitrogen and oxygen atoms in total. The van der Waals surface area contributed by atoms with Gasteiger partial charge in [0.2, 0.25) is 0 Å². The van der Waals surface area contributed by atoms with Gasteiger partial charge in [-0.3, -0.25) is 4.90 Å². The van der Waals surface area contributed by atoms with Crippen molar-refractivity contribution >= 4 is 0 Å². The van der Waals surface area contributed by atoms with Crippen LogP contribution in [0.4, 0.5) is 8.78 Å². The van der Waals surface area contributed by atoms with Crippen LogP contribution in [-0.4, -0.2) is 35.8 Å². The number of aliphatic hydroxyl groups is 1. The molecule has 16 heavy (non-hydrogen) atoms. The van der Waals surface area contributed by atoms with Gasteiger partial charge in [0.15, 0.2) is 0 Å². The first-order valence-corrected chi connectivity index (χ1v) is 5.08. The first-order chi connectivity index (χ1) is 7.65. The number of rotatable bonds is 4. The van der Waals surface area contributed by atoms with E-state index >= 15 is 0 Å². The molecule has 1 aliphatic heterocycles. The Morgan fingerprint density at radius 2 is 2.06 bits per heavy atom. The molecular weight excluding hydrogens is 216 g/mol. The van der Waals surface area contributed by atoms with Crippen LogP contribution < -0.4 is 4.74 Å². The largest absolute Gasteiger partial charge is 0.434 e. The zero-order chi connectivity index (χ0) is 11.5. The lowest BCUT2D eigenvalue weighted by Crippen LogP contribution is -2.49. The average Bonchev–Trinajstić information content (AvgIpc) is 2.17. The molecule has 1 aromatic rings. The normalized spacial score (nSPS) is 17.5. The summed E-state index contributed by atoms with van der Waals surface area (Å²) >= 11 is 0. The van der Waals surface area contributed by atoms with Crippen LogP contribution in [0.1, 0.15) is 5.56 Å². The maximum atomic E-state index is 12.1. The van der Waals surface area contributed by atoms with Crippen molar-refractivity contribution in [3.05, 3.63) is 29.8 Å². The highest BCUT2D eigenvalue weighted by Gasteiger charge is 2.25. The summed E-state index contributed by atoms with van der Waals surface area (Å²) in [6, 6.07) is 6.72. The smallest absolute Gasteiger partial charge is 0.387 e. The number of nitrogens with zero attached hydrogens (tertiary/aromatic N) is 1. The van der Waals surface area contributed by atoms with Gasteiger partial charge in [0.05, 0.1) is 6.10 Å². The number of ether oxygens (including phenoxy) is 1. The highest BCUT2D eigenvalue weighted by molar-refractivity contribution is 5.33. The molecule has 0 spiro atoms. The maximum Gasteiger partial charge on any atom is 0.387 e. The van der Waals surface area contributed by atoms with Crippen molar-refractivity contribution in [3.63, 3.8) is 0 Å². The number of likely N-dealkylation sites (tertiary alicyclic amines) is 1. The van der Waals surface area contributed by atoms with Gasteiger partial charge in [-0.15, -0.1) is 0 Å². The summed E-state index contributed by atoms with van der Waals surface area (Å²) in [5, 5.41) is 9.12. The van der Waals surface area contributed by atoms with Gasteiger partial charge in [-0.25, -0.2) is 0 Å². The van der Waals surface area contributed by atoms with Crippen LogP contribution in [0.25, 0.3) is 0 Å². The Labute approximate surface area is 92.2 Å². The van der Waals surface area contributed by atoms with Gasteiger partial charge in [-0.1, -0.05) is 18.2 Å². The highest BCUT2D eigenvalue weighted by Crippen LogP contribution is 2.23. The summed E-state index contributed by atoms with van der Waals surface area (Å²) < 4.78 is 28.7. The number of halogens is 2. The van der Waals surface area contributed by atoms with Crippen molar-refractivity contribution in [2.24, 2.45) is 0 Å². The molecule has 1 saturated heterocycles. The van der Waals surface area contributed by atoms with E-state index in [0.717, 1.165) is 5.56 Å². The van der Waals surface area contributed by atoms with E-state index in [0.29, 0.717) is 19.6 Å². The lowest BCUT2D eigenvalue weighted by atomic mass is 10.1. The fraction of sp³-hybridized carbons (Fsp3) is 0.455. The molecule has 0 unspecified atom stereocenters. The van der Waals surface area contributed by atoms with Gasteiger partial charge >= 0.3 is 6.61 Å². The van der Waals surface area contributed by atoms with Crippen molar-refractivity contribution in [1.29, 1.82) is 0 Å². The molecule has 0 bridgehead atoms. The number of alkyl halides is 2. The first kappa shape index (κ1) is 11.3. The number of benzene rings is 1. The Morgan fingerprint density at radius 3 is 2.69 bits per heavy atom. The molecule has 1 heterocycles. The quantitative estimate of drug-likeness (QED) is 0.848. The van der Waals surface area contributed by atoms with Gasteiger partial charge < -0.3 is 9.84 Å². The molecule has 0 radical (unpaired) electrons. The van der Waals surface area contributed by atoms with E-state index in [2.05, 4.69) is 4.74 Å². The Balaban J connectivity index is 2.01. The molecule has 0 amide bonds. The van der Waals surface area contributed by atoms with Gasteiger partial charge in [0.25, 0.3) is 0 Å². The molecule has 1 N–H and O–H groups in total. The Morgan fingerprint density at radius 1 is 1.38 bits per heavy atom. The van der Waals surface area contributed by atoms with E-state index in [-0.39, 0.29) is 11.9 Å². The molecular formula is C11H13F2NO2. The first-order valence-electron chi connectivity index (χ1n) is 5.08. The maximum absolute atomic E-state index is 12.1. The monoisotopic (exact) mass is 229 g/mol. The molecule has 0 aliphatic carbocycles. The lowest BCUT2D eigenvalue weighted by molar-refractivity contribution is -0.0520. The van der Waals surface area contributed by atoms with Gasteiger partial charge in [0, 0.05) is 25.2 Å². The molecule has 1 aliphatic rings. The molecule has 1 aromatic carbocycles. The van der Waals surface area contributed by atoms with Gasteiger partial charge in [-0.05, 0) is 6.07 Å². The minimum atomic E-state index is -2.80. The number of hydrogen-bond acceptors (Lipinski definition) is 3. The summed E-state index contributed by atoms with van der Waals surface area (Å²) in [6.07, 6.45) is -0.289. The van der Waals surface area contributed by atoms with E-state index in [1.54, 1.807) is 18.2 Å². The van der Waals surface area contributed by atoms with Gasteiger partial charge in [0.1, 0.15) is 5.75 Å². The van der Waals surface area contributed by atoms with Crippen LogP contribution in [-0.2, 0) is 6.54 Å². The number of para-hydroxylation sites is 1. The van der Waals surface area contributed by atoms with E-state index in [9.17, 15) is 8.78 Å². The van der Waals surface area contributed by atoms with E-state index in [4.69, 9.17) is 5.11 Å². The summed E-state index contributed by atoms with van der Waals surface area (Å²) in [5.41, 5.74) is 0.717. The zero-order valence-corrected chi connectivity index (χ0v) is 8.64. The Kier molecular flexibility index (Phi) is 3.36. The molecule has 0 saturated carbocycles. The third-order valence-corrected chi connectivity index (χ3v) is 2.52. The van der Waals surface area contributed by atoms with Crippen LogP contribution >= 0.6 is 0 Å². The standard InChI is InChI=1S/C11H13F2NO2/c12-11(13)16-10-4-2-1-3-8(10)5-14-6-9(15)7-14/h1-4,9,11,15H,5-7H2. The van der Waals surface area contributed by atoms with Crippen molar-refractivity contribution < 1.29 is 18.6 Å². The second-order valence-corrected chi connectivity index (χ2v) is 3.83. The third-order valence-electron chi connectivity index (χ3n) is 2.52. The average molecular weight is 229 g/mol. The number of aliphatic hydroxyl groups excluding tert-OH is 1. The third kappa shape index (κ3) is 2.68.